The highest BCUT2D eigenvalue weighted by atomic mass is 19.1. The van der Waals surface area contributed by atoms with E-state index >= 15 is 0 Å². The number of rotatable bonds is 12. The molecule has 1 amide bonds. The summed E-state index contributed by atoms with van der Waals surface area (Å²) in [6, 6.07) is 12.4. The lowest BCUT2D eigenvalue weighted by Gasteiger charge is -2.26. The van der Waals surface area contributed by atoms with Gasteiger partial charge in [-0.25, -0.2) is 14.0 Å². The molecule has 0 saturated carbocycles. The highest BCUT2D eigenvalue weighted by molar-refractivity contribution is 5.72. The van der Waals surface area contributed by atoms with E-state index < -0.39 is 24.0 Å². The molecule has 0 aromatic heterocycles. The van der Waals surface area contributed by atoms with E-state index in [1.165, 1.54) is 24.3 Å². The van der Waals surface area contributed by atoms with Crippen LogP contribution in [-0.2, 0) is 16.0 Å². The summed E-state index contributed by atoms with van der Waals surface area (Å²) in [7, 11) is 0. The molecule has 2 aromatic rings. The van der Waals surface area contributed by atoms with Crippen molar-refractivity contribution in [3.63, 3.8) is 0 Å². The van der Waals surface area contributed by atoms with Gasteiger partial charge in [-0.05, 0) is 60.7 Å². The number of halogens is 1. The normalized spacial score (nSPS) is 12.1. The lowest BCUT2D eigenvalue weighted by atomic mass is 9.92. The third-order valence-corrected chi connectivity index (χ3v) is 5.03. The fourth-order valence-corrected chi connectivity index (χ4v) is 3.06. The molecule has 2 rings (SSSR count). The Bertz CT molecular complexity index is 908. The van der Waals surface area contributed by atoms with Gasteiger partial charge in [0.2, 0.25) is 0 Å². The topological polar surface area (TPSA) is 85.3 Å². The Morgan fingerprint density at radius 3 is 2.18 bits per heavy atom. The minimum Gasteiger partial charge on any atom is -0.492 e. The van der Waals surface area contributed by atoms with Crippen LogP contribution in [-0.4, -0.2) is 54.5 Å². The minimum atomic E-state index is -0.995. The molecule has 0 radical (unpaired) electrons. The van der Waals surface area contributed by atoms with Crippen molar-refractivity contribution in [3.8, 4) is 11.5 Å². The SMILES string of the molecule is CCOC(Cc1ccc(OCCN(CCC(C)(C)C)C(=O)Oc2ccc(F)cc2)cc1)C(=O)O. The minimum absolute atomic E-state index is 0.0282. The van der Waals surface area contributed by atoms with Crippen molar-refractivity contribution in [3.05, 3.63) is 59.9 Å². The molecule has 0 aliphatic rings. The molecule has 0 heterocycles. The van der Waals surface area contributed by atoms with Crippen LogP contribution in [0.1, 0.15) is 39.7 Å². The van der Waals surface area contributed by atoms with Gasteiger partial charge in [-0.15, -0.1) is 0 Å². The second-order valence-corrected chi connectivity index (χ2v) is 9.10. The van der Waals surface area contributed by atoms with E-state index in [0.29, 0.717) is 25.4 Å². The molecule has 7 nitrogen and oxygen atoms in total. The molecule has 0 fully saturated rings. The molecule has 0 aliphatic carbocycles. The van der Waals surface area contributed by atoms with E-state index in [9.17, 15) is 19.1 Å². The lowest BCUT2D eigenvalue weighted by Crippen LogP contribution is -2.38. The van der Waals surface area contributed by atoms with Crippen LogP contribution in [0, 0.1) is 11.2 Å². The summed E-state index contributed by atoms with van der Waals surface area (Å²) >= 11 is 0. The number of nitrogens with zero attached hydrogens (tertiary/aromatic N) is 1. The standard InChI is InChI=1S/C26H34FNO6/c1-5-32-23(24(29)30)18-19-6-10-21(11-7-19)33-17-16-28(15-14-26(2,3)4)25(31)34-22-12-8-20(27)9-13-22/h6-13,23H,5,14-18H2,1-4H3,(H,29,30). The molecule has 1 N–H and O–H groups in total. The maximum Gasteiger partial charge on any atom is 0.415 e. The van der Waals surface area contributed by atoms with E-state index in [-0.39, 0.29) is 24.2 Å². The maximum absolute atomic E-state index is 13.1. The number of aliphatic carboxylic acids is 1. The van der Waals surface area contributed by atoms with Crippen molar-refractivity contribution in [2.24, 2.45) is 5.41 Å². The highest BCUT2D eigenvalue weighted by Crippen LogP contribution is 2.20. The molecular weight excluding hydrogens is 441 g/mol. The van der Waals surface area contributed by atoms with Crippen LogP contribution in [0.3, 0.4) is 0 Å². The first kappa shape index (κ1) is 27.1. The Labute approximate surface area is 200 Å². The molecule has 1 unspecified atom stereocenters. The highest BCUT2D eigenvalue weighted by Gasteiger charge is 2.20. The van der Waals surface area contributed by atoms with Gasteiger partial charge < -0.3 is 24.2 Å². The van der Waals surface area contributed by atoms with E-state index in [1.54, 1.807) is 36.1 Å². The summed E-state index contributed by atoms with van der Waals surface area (Å²) in [4.78, 5) is 25.5. The van der Waals surface area contributed by atoms with E-state index in [1.807, 2.05) is 0 Å². The van der Waals surface area contributed by atoms with Crippen LogP contribution in [0.15, 0.2) is 48.5 Å². The Kier molecular flexibility index (Phi) is 10.3. The van der Waals surface area contributed by atoms with E-state index in [0.717, 1.165) is 12.0 Å². The van der Waals surface area contributed by atoms with Crippen molar-refractivity contribution in [2.45, 2.75) is 46.6 Å². The zero-order valence-electron chi connectivity index (χ0n) is 20.3. The average Bonchev–Trinajstić information content (AvgIpc) is 2.77. The van der Waals surface area contributed by atoms with Gasteiger partial charge in [0.25, 0.3) is 0 Å². The van der Waals surface area contributed by atoms with Gasteiger partial charge in [-0.3, -0.25) is 0 Å². The first-order valence-electron chi connectivity index (χ1n) is 11.4. The van der Waals surface area contributed by atoms with Gasteiger partial charge in [0.05, 0.1) is 6.54 Å². The molecule has 0 bridgehead atoms. The summed E-state index contributed by atoms with van der Waals surface area (Å²) in [6.45, 7) is 9.40. The molecule has 1 atom stereocenters. The van der Waals surface area contributed by atoms with Crippen molar-refractivity contribution in [1.82, 2.24) is 4.90 Å². The number of carboxylic acid groups (broad SMARTS) is 1. The predicted molar refractivity (Wildman–Crippen MR) is 127 cm³/mol. The molecular formula is C26H34FNO6. The molecule has 0 saturated heterocycles. The van der Waals surface area contributed by atoms with Crippen molar-refractivity contribution >= 4 is 12.1 Å². The molecule has 0 spiro atoms. The Hall–Kier alpha value is -3.13. The summed E-state index contributed by atoms with van der Waals surface area (Å²) < 4.78 is 29.6. The lowest BCUT2D eigenvalue weighted by molar-refractivity contribution is -0.149. The number of hydrogen-bond donors (Lipinski definition) is 1. The second kappa shape index (κ2) is 12.9. The molecule has 8 heteroatoms. The first-order valence-corrected chi connectivity index (χ1v) is 11.4. The number of carbonyl (C=O) groups excluding carboxylic acids is 1. The second-order valence-electron chi connectivity index (χ2n) is 9.10. The zero-order chi connectivity index (χ0) is 25.1. The van der Waals surface area contributed by atoms with Gasteiger partial charge in [0.1, 0.15) is 23.9 Å². The molecule has 186 valence electrons. The molecule has 2 aromatic carbocycles. The number of carboxylic acids is 1. The van der Waals surface area contributed by atoms with Crippen molar-refractivity contribution in [1.29, 1.82) is 0 Å². The summed E-state index contributed by atoms with van der Waals surface area (Å²) in [5.41, 5.74) is 0.850. The van der Waals surface area contributed by atoms with Gasteiger partial charge in [-0.2, -0.15) is 0 Å². The third kappa shape index (κ3) is 9.79. The van der Waals surface area contributed by atoms with Gasteiger partial charge in [-0.1, -0.05) is 32.9 Å². The quantitative estimate of drug-likeness (QED) is 0.456. The number of amides is 1. The van der Waals surface area contributed by atoms with Gasteiger partial charge in [0.15, 0.2) is 6.10 Å². The van der Waals surface area contributed by atoms with Crippen molar-refractivity contribution < 1.29 is 33.3 Å². The van der Waals surface area contributed by atoms with Crippen LogP contribution in [0.5, 0.6) is 11.5 Å². The number of benzene rings is 2. The average molecular weight is 476 g/mol. The van der Waals surface area contributed by atoms with Crippen LogP contribution in [0.25, 0.3) is 0 Å². The smallest absolute Gasteiger partial charge is 0.415 e. The van der Waals surface area contributed by atoms with E-state index in [2.05, 4.69) is 20.8 Å². The predicted octanol–water partition coefficient (Wildman–Crippen LogP) is 5.17. The van der Waals surface area contributed by atoms with E-state index in [4.69, 9.17) is 14.2 Å². The van der Waals surface area contributed by atoms with Gasteiger partial charge >= 0.3 is 12.1 Å². The summed E-state index contributed by atoms with van der Waals surface area (Å²) in [5.74, 6) is -0.518. The van der Waals surface area contributed by atoms with Crippen molar-refractivity contribution in [2.75, 3.05) is 26.3 Å². The first-order chi connectivity index (χ1) is 16.1. The number of ether oxygens (including phenoxy) is 3. The fourth-order valence-electron chi connectivity index (χ4n) is 3.06. The Balaban J connectivity index is 1.93. The third-order valence-electron chi connectivity index (χ3n) is 5.03. The maximum atomic E-state index is 13.1. The summed E-state index contributed by atoms with van der Waals surface area (Å²) in [6.07, 6.45) is -0.380. The van der Waals surface area contributed by atoms with Gasteiger partial charge in [0, 0.05) is 19.6 Å². The fraction of sp³-hybridized carbons (Fsp3) is 0.462. The number of hydrogen-bond acceptors (Lipinski definition) is 5. The Morgan fingerprint density at radius 2 is 1.62 bits per heavy atom. The molecule has 0 aliphatic heterocycles. The molecule has 34 heavy (non-hydrogen) atoms. The van der Waals surface area contributed by atoms with Crippen LogP contribution in [0.2, 0.25) is 0 Å². The largest absolute Gasteiger partial charge is 0.492 e. The van der Waals surface area contributed by atoms with Crippen LogP contribution < -0.4 is 9.47 Å². The zero-order valence-corrected chi connectivity index (χ0v) is 20.3. The number of carbonyl (C=O) groups is 2. The van der Waals surface area contributed by atoms with Crippen LogP contribution in [0.4, 0.5) is 9.18 Å². The Morgan fingerprint density at radius 1 is 1.00 bits per heavy atom. The van der Waals surface area contributed by atoms with Crippen LogP contribution >= 0.6 is 0 Å². The monoisotopic (exact) mass is 475 g/mol. The summed E-state index contributed by atoms with van der Waals surface area (Å²) in [5, 5.41) is 9.22.